The lowest BCUT2D eigenvalue weighted by Gasteiger charge is -2.32. The molecule has 0 fully saturated rings. The second-order valence-corrected chi connectivity index (χ2v) is 7.33. The lowest BCUT2D eigenvalue weighted by molar-refractivity contribution is 0.256. The predicted molar refractivity (Wildman–Crippen MR) is 104 cm³/mol. The lowest BCUT2D eigenvalue weighted by Crippen LogP contribution is -2.41. The Kier molecular flexibility index (Phi) is 5.46. The van der Waals surface area contributed by atoms with E-state index in [1.165, 1.54) is 0 Å². The van der Waals surface area contributed by atoms with Crippen molar-refractivity contribution in [3.8, 4) is 17.2 Å². The molecule has 0 aromatic heterocycles. The first-order valence-corrected chi connectivity index (χ1v) is 9.09. The van der Waals surface area contributed by atoms with Gasteiger partial charge < -0.3 is 19.5 Å². The smallest absolute Gasteiger partial charge is 0.326 e. The van der Waals surface area contributed by atoms with Gasteiger partial charge in [-0.1, -0.05) is 19.1 Å². The summed E-state index contributed by atoms with van der Waals surface area (Å²) in [5, 5.41) is 3.25. The fourth-order valence-corrected chi connectivity index (χ4v) is 4.04. The van der Waals surface area contributed by atoms with E-state index in [2.05, 4.69) is 12.2 Å². The minimum Gasteiger partial charge on any atom is -0.493 e. The summed E-state index contributed by atoms with van der Waals surface area (Å²) < 4.78 is 16.0. The molecule has 0 aliphatic carbocycles. The molecule has 0 saturated carbocycles. The highest BCUT2D eigenvalue weighted by atomic mass is 32.2. The van der Waals surface area contributed by atoms with Crippen LogP contribution in [0.15, 0.2) is 41.3 Å². The van der Waals surface area contributed by atoms with Crippen LogP contribution in [0, 0.1) is 0 Å². The third-order valence-corrected chi connectivity index (χ3v) is 5.24. The van der Waals surface area contributed by atoms with Crippen molar-refractivity contribution in [3.63, 3.8) is 0 Å². The van der Waals surface area contributed by atoms with Crippen molar-refractivity contribution in [3.05, 3.63) is 36.4 Å². The Labute approximate surface area is 157 Å². The molecule has 1 atom stereocenters. The van der Waals surface area contributed by atoms with Crippen molar-refractivity contribution >= 4 is 29.2 Å². The molecule has 6 nitrogen and oxygen atoms in total. The number of para-hydroxylation sites is 1. The van der Waals surface area contributed by atoms with Crippen molar-refractivity contribution in [2.45, 2.75) is 17.1 Å². The quantitative estimate of drug-likeness (QED) is 0.867. The van der Waals surface area contributed by atoms with Gasteiger partial charge in [-0.2, -0.15) is 0 Å². The van der Waals surface area contributed by atoms with Gasteiger partial charge in [-0.3, -0.25) is 4.90 Å². The number of hydrogen-bond donors (Lipinski definition) is 1. The molecule has 2 aromatic rings. The van der Waals surface area contributed by atoms with Gasteiger partial charge in [-0.05, 0) is 12.1 Å². The van der Waals surface area contributed by atoms with Gasteiger partial charge in [0.1, 0.15) is 0 Å². The molecule has 0 spiro atoms. The minimum absolute atomic E-state index is 0.195. The number of nitrogens with one attached hydrogen (secondary N) is 1. The zero-order valence-corrected chi connectivity index (χ0v) is 16.1. The standard InChI is InChI=1S/C19H22N2O4S/c1-12-11-21(14-7-5-6-8-17(14)26-12)19(22)20-13-9-15(23-2)18(25-4)16(10-13)24-3/h5-10,12H,11H2,1-4H3,(H,20,22)/t12-/m1/s1. The van der Waals surface area contributed by atoms with Gasteiger partial charge in [0.2, 0.25) is 5.75 Å². The van der Waals surface area contributed by atoms with Crippen molar-refractivity contribution in [1.29, 1.82) is 0 Å². The molecule has 138 valence electrons. The molecule has 1 N–H and O–H groups in total. The topological polar surface area (TPSA) is 60.0 Å². The van der Waals surface area contributed by atoms with Crippen LogP contribution in [0.25, 0.3) is 0 Å². The third-order valence-electron chi connectivity index (χ3n) is 4.09. The van der Waals surface area contributed by atoms with Crippen molar-refractivity contribution in [1.82, 2.24) is 0 Å². The van der Waals surface area contributed by atoms with Gasteiger partial charge in [-0.15, -0.1) is 11.8 Å². The van der Waals surface area contributed by atoms with Crippen LogP contribution in [0.3, 0.4) is 0 Å². The molecular weight excluding hydrogens is 352 g/mol. The minimum atomic E-state index is -0.195. The zero-order chi connectivity index (χ0) is 18.7. The number of anilines is 2. The van der Waals surface area contributed by atoms with Crippen LogP contribution in [0.5, 0.6) is 17.2 Å². The number of rotatable bonds is 4. The molecule has 3 rings (SSSR count). The Balaban J connectivity index is 1.89. The Hall–Kier alpha value is -2.54. The average Bonchev–Trinajstić information content (AvgIpc) is 2.66. The molecular formula is C19H22N2O4S. The highest BCUT2D eigenvalue weighted by molar-refractivity contribution is 8.00. The maximum atomic E-state index is 12.9. The monoisotopic (exact) mass is 374 g/mol. The number of ether oxygens (including phenoxy) is 3. The van der Waals surface area contributed by atoms with E-state index in [1.54, 1.807) is 50.1 Å². The summed E-state index contributed by atoms with van der Waals surface area (Å²) in [5.41, 5.74) is 1.49. The molecule has 0 unspecified atom stereocenters. The number of thioether (sulfide) groups is 1. The van der Waals surface area contributed by atoms with Crippen LogP contribution >= 0.6 is 11.8 Å². The number of amides is 2. The Morgan fingerprint density at radius 1 is 1.12 bits per heavy atom. The molecule has 1 aliphatic heterocycles. The summed E-state index contributed by atoms with van der Waals surface area (Å²) in [6.07, 6.45) is 0. The molecule has 26 heavy (non-hydrogen) atoms. The summed E-state index contributed by atoms with van der Waals surface area (Å²) in [6, 6.07) is 11.2. The fourth-order valence-electron chi connectivity index (χ4n) is 2.93. The lowest BCUT2D eigenvalue weighted by atomic mass is 10.2. The van der Waals surface area contributed by atoms with E-state index in [4.69, 9.17) is 14.2 Å². The number of nitrogens with zero attached hydrogens (tertiary/aromatic N) is 1. The largest absolute Gasteiger partial charge is 0.493 e. The summed E-state index contributed by atoms with van der Waals surface area (Å²) in [5.74, 6) is 1.47. The van der Waals surface area contributed by atoms with Crippen LogP contribution < -0.4 is 24.4 Å². The Morgan fingerprint density at radius 2 is 1.77 bits per heavy atom. The van der Waals surface area contributed by atoms with Gasteiger partial charge in [0, 0.05) is 28.8 Å². The van der Waals surface area contributed by atoms with Crippen LogP contribution in [-0.4, -0.2) is 39.2 Å². The van der Waals surface area contributed by atoms with Gasteiger partial charge >= 0.3 is 6.03 Å². The highest BCUT2D eigenvalue weighted by Gasteiger charge is 2.27. The number of hydrogen-bond acceptors (Lipinski definition) is 5. The third kappa shape index (κ3) is 3.53. The summed E-state index contributed by atoms with van der Waals surface area (Å²) >= 11 is 1.78. The maximum Gasteiger partial charge on any atom is 0.326 e. The average molecular weight is 374 g/mol. The van der Waals surface area contributed by atoms with Crippen LogP contribution in [0.2, 0.25) is 0 Å². The van der Waals surface area contributed by atoms with Crippen molar-refractivity contribution in [2.24, 2.45) is 0 Å². The number of carbonyl (C=O) groups is 1. The molecule has 1 heterocycles. The highest BCUT2D eigenvalue weighted by Crippen LogP contribution is 2.41. The van der Waals surface area contributed by atoms with Crippen molar-refractivity contribution < 1.29 is 19.0 Å². The van der Waals surface area contributed by atoms with E-state index in [1.807, 2.05) is 24.3 Å². The van der Waals surface area contributed by atoms with Crippen LogP contribution in [0.1, 0.15) is 6.92 Å². The first-order valence-electron chi connectivity index (χ1n) is 8.21. The molecule has 0 saturated heterocycles. The second-order valence-electron chi connectivity index (χ2n) is 5.85. The van der Waals surface area contributed by atoms with Gasteiger partial charge in [0.05, 0.1) is 32.7 Å². The summed E-state index contributed by atoms with van der Waals surface area (Å²) in [7, 11) is 4.63. The number of carbonyl (C=O) groups excluding carboxylic acids is 1. The second kappa shape index (κ2) is 7.78. The summed E-state index contributed by atoms with van der Waals surface area (Å²) in [6.45, 7) is 2.75. The maximum absolute atomic E-state index is 12.9. The van der Waals surface area contributed by atoms with E-state index < -0.39 is 0 Å². The van der Waals surface area contributed by atoms with Gasteiger partial charge in [-0.25, -0.2) is 4.79 Å². The van der Waals surface area contributed by atoms with Crippen LogP contribution in [0.4, 0.5) is 16.2 Å². The van der Waals surface area contributed by atoms with E-state index in [-0.39, 0.29) is 6.03 Å². The molecule has 2 aromatic carbocycles. The number of urea groups is 1. The van der Waals surface area contributed by atoms with E-state index in [9.17, 15) is 4.79 Å². The SMILES string of the molecule is COc1cc(NC(=O)N2C[C@@H](C)Sc3ccccc32)cc(OC)c1OC. The van der Waals surface area contributed by atoms with Gasteiger partial charge in [0.15, 0.2) is 11.5 Å². The molecule has 7 heteroatoms. The first kappa shape index (κ1) is 18.3. The van der Waals surface area contributed by atoms with Crippen LogP contribution in [-0.2, 0) is 0 Å². The molecule has 1 aliphatic rings. The summed E-state index contributed by atoms with van der Waals surface area (Å²) in [4.78, 5) is 15.8. The number of fused-ring (bicyclic) bond motifs is 1. The predicted octanol–water partition coefficient (Wildman–Crippen LogP) is 4.25. The van der Waals surface area contributed by atoms with Crippen molar-refractivity contribution in [2.75, 3.05) is 38.1 Å². The molecule has 2 amide bonds. The van der Waals surface area contributed by atoms with E-state index in [0.29, 0.717) is 34.7 Å². The van der Waals surface area contributed by atoms with Gasteiger partial charge in [0.25, 0.3) is 0 Å². The van der Waals surface area contributed by atoms with E-state index >= 15 is 0 Å². The Bertz CT molecular complexity index is 787. The number of benzene rings is 2. The first-order chi connectivity index (χ1) is 12.6. The Morgan fingerprint density at radius 3 is 2.38 bits per heavy atom. The fraction of sp³-hybridized carbons (Fsp3) is 0.316. The normalized spacial score (nSPS) is 15.8. The molecule has 0 radical (unpaired) electrons. The van der Waals surface area contributed by atoms with E-state index in [0.717, 1.165) is 10.6 Å². The zero-order valence-electron chi connectivity index (χ0n) is 15.2. The molecule has 0 bridgehead atoms. The number of methoxy groups -OCH3 is 3.